The fourth-order valence-electron chi connectivity index (χ4n) is 3.11. The first kappa shape index (κ1) is 20.9. The molecular weight excluding hydrogens is 405 g/mol. The van der Waals surface area contributed by atoms with Crippen LogP contribution in [0.1, 0.15) is 41.4 Å². The lowest BCUT2D eigenvalue weighted by Gasteiger charge is -2.16. The monoisotopic (exact) mass is 422 g/mol. The van der Waals surface area contributed by atoms with Crippen LogP contribution in [0.2, 0.25) is 5.02 Å². The van der Waals surface area contributed by atoms with Crippen molar-refractivity contribution in [3.63, 3.8) is 0 Å². The van der Waals surface area contributed by atoms with Crippen LogP contribution in [0.4, 0.5) is 13.2 Å². The predicted molar refractivity (Wildman–Crippen MR) is 106 cm³/mol. The number of fused-ring (bicyclic) bond motifs is 1. The molecule has 1 aromatic heterocycles. The van der Waals surface area contributed by atoms with Gasteiger partial charge in [0.1, 0.15) is 5.56 Å². The number of hydrogen-bond donors (Lipinski definition) is 1. The van der Waals surface area contributed by atoms with Crippen molar-refractivity contribution < 1.29 is 18.0 Å². The van der Waals surface area contributed by atoms with E-state index in [4.69, 9.17) is 11.6 Å². The first-order valence-electron chi connectivity index (χ1n) is 8.92. The van der Waals surface area contributed by atoms with Gasteiger partial charge in [0, 0.05) is 23.2 Å². The van der Waals surface area contributed by atoms with Gasteiger partial charge < -0.3 is 9.88 Å². The van der Waals surface area contributed by atoms with E-state index in [-0.39, 0.29) is 10.9 Å². The molecule has 4 nitrogen and oxygen atoms in total. The number of pyridine rings is 1. The quantitative estimate of drug-likeness (QED) is 0.629. The molecule has 29 heavy (non-hydrogen) atoms. The van der Waals surface area contributed by atoms with Gasteiger partial charge in [-0.3, -0.25) is 9.59 Å². The molecule has 0 spiro atoms. The molecule has 0 aliphatic rings. The highest BCUT2D eigenvalue weighted by molar-refractivity contribution is 6.30. The number of nitrogens with one attached hydrogen (secondary N) is 1. The summed E-state index contributed by atoms with van der Waals surface area (Å²) in [6.45, 7) is 3.90. The Labute approximate surface area is 169 Å². The highest BCUT2D eigenvalue weighted by Gasteiger charge is 2.31. The second kappa shape index (κ2) is 7.91. The number of rotatable bonds is 4. The number of halogens is 4. The maximum absolute atomic E-state index is 13.1. The first-order valence-corrected chi connectivity index (χ1v) is 9.30. The van der Waals surface area contributed by atoms with Gasteiger partial charge in [0.15, 0.2) is 0 Å². The van der Waals surface area contributed by atoms with Gasteiger partial charge in [-0.15, -0.1) is 0 Å². The molecule has 1 N–H and O–H groups in total. The van der Waals surface area contributed by atoms with Crippen LogP contribution in [-0.4, -0.2) is 10.5 Å². The van der Waals surface area contributed by atoms with Gasteiger partial charge in [0.05, 0.1) is 17.1 Å². The van der Waals surface area contributed by atoms with Crippen molar-refractivity contribution in [1.29, 1.82) is 0 Å². The van der Waals surface area contributed by atoms with Crippen LogP contribution in [0, 0.1) is 0 Å². The molecule has 1 heterocycles. The van der Waals surface area contributed by atoms with E-state index < -0.39 is 29.1 Å². The molecule has 0 saturated carbocycles. The SMILES string of the molecule is CCn1cc(C(=O)N[C@@H](C)c2ccc(Cl)cc2)c(=O)c2cc(C(F)(F)F)ccc21. The molecule has 0 radical (unpaired) electrons. The molecule has 1 atom stereocenters. The summed E-state index contributed by atoms with van der Waals surface area (Å²) in [5.74, 6) is -0.654. The van der Waals surface area contributed by atoms with E-state index in [0.717, 1.165) is 17.7 Å². The third-order valence-electron chi connectivity index (χ3n) is 4.71. The predicted octanol–water partition coefficient (Wildman–Crippen LogP) is 5.18. The van der Waals surface area contributed by atoms with E-state index in [2.05, 4.69) is 5.32 Å². The third kappa shape index (κ3) is 4.29. The van der Waals surface area contributed by atoms with E-state index in [1.165, 1.54) is 12.3 Å². The molecule has 0 unspecified atom stereocenters. The molecule has 0 bridgehead atoms. The summed E-state index contributed by atoms with van der Waals surface area (Å²) in [5.41, 5.74) is -0.764. The van der Waals surface area contributed by atoms with Crippen molar-refractivity contribution in [2.24, 2.45) is 0 Å². The molecule has 1 amide bonds. The summed E-state index contributed by atoms with van der Waals surface area (Å²) < 4.78 is 40.8. The van der Waals surface area contributed by atoms with E-state index in [1.807, 2.05) is 0 Å². The lowest BCUT2D eigenvalue weighted by Crippen LogP contribution is -2.32. The van der Waals surface area contributed by atoms with E-state index in [0.29, 0.717) is 17.1 Å². The van der Waals surface area contributed by atoms with Crippen molar-refractivity contribution in [2.75, 3.05) is 0 Å². The lowest BCUT2D eigenvalue weighted by atomic mass is 10.1. The summed E-state index contributed by atoms with van der Waals surface area (Å²) in [7, 11) is 0. The molecule has 0 aliphatic heterocycles. The standard InChI is InChI=1S/C21H18ClF3N2O2/c1-3-27-11-17(20(29)26-12(2)13-4-7-15(22)8-5-13)19(28)16-10-14(21(23,24)25)6-9-18(16)27/h4-12H,3H2,1-2H3,(H,26,29)/t12-/m0/s1. The smallest absolute Gasteiger partial charge is 0.347 e. The number of carbonyl (C=O) groups excluding carboxylic acids is 1. The number of aryl methyl sites for hydroxylation is 1. The normalized spacial score (nSPS) is 12.8. The van der Waals surface area contributed by atoms with E-state index in [1.54, 1.807) is 42.7 Å². The first-order chi connectivity index (χ1) is 13.6. The van der Waals surface area contributed by atoms with Gasteiger partial charge in [-0.25, -0.2) is 0 Å². The summed E-state index contributed by atoms with van der Waals surface area (Å²) in [6.07, 6.45) is -3.21. The molecule has 3 rings (SSSR count). The van der Waals surface area contributed by atoms with Crippen molar-refractivity contribution in [3.05, 3.63) is 80.6 Å². The zero-order chi connectivity index (χ0) is 21.3. The highest BCUT2D eigenvalue weighted by Crippen LogP contribution is 2.31. The minimum Gasteiger partial charge on any atom is -0.347 e. The largest absolute Gasteiger partial charge is 0.416 e. The molecular formula is C21H18ClF3N2O2. The molecule has 0 aliphatic carbocycles. The average Bonchev–Trinajstić information content (AvgIpc) is 2.67. The highest BCUT2D eigenvalue weighted by atomic mass is 35.5. The molecule has 8 heteroatoms. The number of amides is 1. The zero-order valence-corrected chi connectivity index (χ0v) is 16.4. The van der Waals surface area contributed by atoms with E-state index >= 15 is 0 Å². The topological polar surface area (TPSA) is 51.1 Å². The average molecular weight is 423 g/mol. The van der Waals surface area contributed by atoms with Gasteiger partial charge in [0.2, 0.25) is 5.43 Å². The summed E-state index contributed by atoms with van der Waals surface area (Å²) in [6, 6.07) is 9.39. The Hall–Kier alpha value is -2.80. The Morgan fingerprint density at radius 3 is 2.41 bits per heavy atom. The Bertz CT molecular complexity index is 1120. The van der Waals surface area contributed by atoms with Crippen LogP contribution >= 0.6 is 11.6 Å². The zero-order valence-electron chi connectivity index (χ0n) is 15.7. The number of aromatic nitrogens is 1. The number of benzene rings is 2. The summed E-state index contributed by atoms with van der Waals surface area (Å²) in [4.78, 5) is 25.6. The van der Waals surface area contributed by atoms with Crippen LogP contribution < -0.4 is 10.7 Å². The molecule has 0 saturated heterocycles. The van der Waals surface area contributed by atoms with E-state index in [9.17, 15) is 22.8 Å². The van der Waals surface area contributed by atoms with Gasteiger partial charge in [-0.05, 0) is 49.7 Å². The Balaban J connectivity index is 2.03. The van der Waals surface area contributed by atoms with Crippen molar-refractivity contribution >= 4 is 28.4 Å². The van der Waals surface area contributed by atoms with Crippen LogP contribution in [-0.2, 0) is 12.7 Å². The minimum absolute atomic E-state index is 0.145. The minimum atomic E-state index is -4.58. The molecule has 2 aromatic carbocycles. The fraction of sp³-hybridized carbons (Fsp3) is 0.238. The summed E-state index contributed by atoms with van der Waals surface area (Å²) in [5, 5.41) is 3.12. The van der Waals surface area contributed by atoms with Gasteiger partial charge >= 0.3 is 6.18 Å². The number of nitrogens with zero attached hydrogens (tertiary/aromatic N) is 1. The van der Waals surface area contributed by atoms with Crippen LogP contribution in [0.15, 0.2) is 53.5 Å². The van der Waals surface area contributed by atoms with Crippen LogP contribution in [0.5, 0.6) is 0 Å². The van der Waals surface area contributed by atoms with Crippen molar-refractivity contribution in [3.8, 4) is 0 Å². The molecule has 3 aromatic rings. The number of carbonyl (C=O) groups is 1. The molecule has 0 fully saturated rings. The summed E-state index contributed by atoms with van der Waals surface area (Å²) >= 11 is 5.86. The number of alkyl halides is 3. The molecule has 152 valence electrons. The van der Waals surface area contributed by atoms with Crippen LogP contribution in [0.3, 0.4) is 0 Å². The third-order valence-corrected chi connectivity index (χ3v) is 4.96. The van der Waals surface area contributed by atoms with Gasteiger partial charge in [-0.1, -0.05) is 23.7 Å². The van der Waals surface area contributed by atoms with Crippen molar-refractivity contribution in [2.45, 2.75) is 32.6 Å². The maximum atomic E-state index is 13.1. The Morgan fingerprint density at radius 2 is 1.83 bits per heavy atom. The second-order valence-corrected chi connectivity index (χ2v) is 7.07. The maximum Gasteiger partial charge on any atom is 0.416 e. The van der Waals surface area contributed by atoms with Crippen LogP contribution in [0.25, 0.3) is 10.9 Å². The fourth-order valence-corrected chi connectivity index (χ4v) is 3.23. The van der Waals surface area contributed by atoms with Gasteiger partial charge in [0.25, 0.3) is 5.91 Å². The second-order valence-electron chi connectivity index (χ2n) is 6.63. The lowest BCUT2D eigenvalue weighted by molar-refractivity contribution is -0.137. The Morgan fingerprint density at radius 1 is 1.17 bits per heavy atom. The number of hydrogen-bond acceptors (Lipinski definition) is 2. The van der Waals surface area contributed by atoms with Gasteiger partial charge in [-0.2, -0.15) is 13.2 Å². The Kier molecular flexibility index (Phi) is 5.71. The van der Waals surface area contributed by atoms with Crippen molar-refractivity contribution in [1.82, 2.24) is 9.88 Å².